The maximum atomic E-state index is 11.5. The van der Waals surface area contributed by atoms with Gasteiger partial charge in [-0.3, -0.25) is 0 Å². The molecule has 1 aromatic rings. The molecular formula is C12H18N2O4. The first-order valence-electron chi connectivity index (χ1n) is 5.91. The number of urea groups is 1. The lowest BCUT2D eigenvalue weighted by Gasteiger charge is -2.14. The molecule has 0 aliphatic carbocycles. The van der Waals surface area contributed by atoms with Gasteiger partial charge in [-0.25, -0.2) is 9.59 Å². The number of carbonyl (C=O) groups is 2. The standard InChI is InChI=1S/C12H18N2O4/c1-2-3-4-10(11(15)16)14-12(17)13-7-9-5-6-18-8-9/h5-6,8,10H,2-4,7H2,1H3,(H,15,16)(H2,13,14,17)/t10-/m0/s1. The van der Waals surface area contributed by atoms with E-state index in [9.17, 15) is 9.59 Å². The van der Waals surface area contributed by atoms with Crippen LogP contribution in [0.1, 0.15) is 31.7 Å². The molecule has 1 rings (SSSR count). The van der Waals surface area contributed by atoms with Crippen LogP contribution in [0.2, 0.25) is 0 Å². The lowest BCUT2D eigenvalue weighted by molar-refractivity contribution is -0.139. The van der Waals surface area contributed by atoms with Gasteiger partial charge in [-0.1, -0.05) is 19.8 Å². The Kier molecular flexibility index (Phi) is 5.76. The maximum absolute atomic E-state index is 11.5. The van der Waals surface area contributed by atoms with Gasteiger partial charge in [-0.2, -0.15) is 0 Å². The summed E-state index contributed by atoms with van der Waals surface area (Å²) < 4.78 is 4.85. The first-order chi connectivity index (χ1) is 8.63. The van der Waals surface area contributed by atoms with Crippen molar-refractivity contribution in [1.29, 1.82) is 0 Å². The van der Waals surface area contributed by atoms with E-state index in [1.165, 1.54) is 12.5 Å². The van der Waals surface area contributed by atoms with Crippen molar-refractivity contribution >= 4 is 12.0 Å². The Morgan fingerprint density at radius 3 is 2.83 bits per heavy atom. The molecule has 18 heavy (non-hydrogen) atoms. The Bertz CT molecular complexity index is 375. The van der Waals surface area contributed by atoms with Crippen molar-refractivity contribution < 1.29 is 19.1 Å². The average Bonchev–Trinajstić information content (AvgIpc) is 2.84. The molecule has 0 aromatic carbocycles. The van der Waals surface area contributed by atoms with Gasteiger partial charge in [0.2, 0.25) is 0 Å². The van der Waals surface area contributed by atoms with Crippen LogP contribution in [0.15, 0.2) is 23.0 Å². The zero-order valence-corrected chi connectivity index (χ0v) is 10.3. The van der Waals surface area contributed by atoms with Gasteiger partial charge in [0.1, 0.15) is 6.04 Å². The summed E-state index contributed by atoms with van der Waals surface area (Å²) in [6.45, 7) is 2.28. The minimum Gasteiger partial charge on any atom is -0.480 e. The first kappa shape index (κ1) is 14.1. The minimum atomic E-state index is -1.01. The van der Waals surface area contributed by atoms with Crippen LogP contribution in [0.3, 0.4) is 0 Å². The number of rotatable bonds is 7. The zero-order valence-electron chi connectivity index (χ0n) is 10.3. The van der Waals surface area contributed by atoms with Gasteiger partial charge in [-0.05, 0) is 12.5 Å². The van der Waals surface area contributed by atoms with Crippen LogP contribution in [-0.4, -0.2) is 23.1 Å². The SMILES string of the molecule is CCCC[C@H](NC(=O)NCc1ccoc1)C(=O)O. The van der Waals surface area contributed by atoms with Gasteiger partial charge in [0, 0.05) is 12.1 Å². The maximum Gasteiger partial charge on any atom is 0.326 e. The number of hydrogen-bond donors (Lipinski definition) is 3. The highest BCUT2D eigenvalue weighted by Gasteiger charge is 2.18. The van der Waals surface area contributed by atoms with Crippen molar-refractivity contribution in [1.82, 2.24) is 10.6 Å². The van der Waals surface area contributed by atoms with Crippen molar-refractivity contribution in [2.75, 3.05) is 0 Å². The monoisotopic (exact) mass is 254 g/mol. The Hall–Kier alpha value is -1.98. The van der Waals surface area contributed by atoms with Crippen LogP contribution in [-0.2, 0) is 11.3 Å². The molecule has 3 N–H and O–H groups in total. The van der Waals surface area contributed by atoms with Crippen LogP contribution in [0.4, 0.5) is 4.79 Å². The molecule has 1 aromatic heterocycles. The predicted octanol–water partition coefficient (Wildman–Crippen LogP) is 1.72. The lowest BCUT2D eigenvalue weighted by Crippen LogP contribution is -2.45. The predicted molar refractivity (Wildman–Crippen MR) is 65.0 cm³/mol. The third-order valence-corrected chi connectivity index (χ3v) is 2.48. The minimum absolute atomic E-state index is 0.308. The van der Waals surface area contributed by atoms with E-state index in [1.807, 2.05) is 6.92 Å². The number of nitrogens with one attached hydrogen (secondary N) is 2. The number of furan rings is 1. The van der Waals surface area contributed by atoms with Crippen LogP contribution in [0.25, 0.3) is 0 Å². The van der Waals surface area contributed by atoms with Gasteiger partial charge < -0.3 is 20.2 Å². The Labute approximate surface area is 105 Å². The molecule has 6 nitrogen and oxygen atoms in total. The summed E-state index contributed by atoms with van der Waals surface area (Å²) in [5.74, 6) is -1.01. The molecule has 1 heterocycles. The molecule has 0 unspecified atom stereocenters. The van der Waals surface area contributed by atoms with Crippen LogP contribution in [0, 0.1) is 0 Å². The fourth-order valence-electron chi connectivity index (χ4n) is 1.45. The van der Waals surface area contributed by atoms with Gasteiger partial charge in [0.05, 0.1) is 12.5 Å². The Balaban J connectivity index is 2.34. The number of hydrogen-bond acceptors (Lipinski definition) is 3. The van der Waals surface area contributed by atoms with Gasteiger partial charge in [0.25, 0.3) is 0 Å². The van der Waals surface area contributed by atoms with Crippen molar-refractivity contribution in [3.63, 3.8) is 0 Å². The third kappa shape index (κ3) is 4.90. The molecule has 0 saturated carbocycles. The normalized spacial score (nSPS) is 11.8. The highest BCUT2D eigenvalue weighted by Crippen LogP contribution is 2.01. The van der Waals surface area contributed by atoms with E-state index in [2.05, 4.69) is 10.6 Å². The second kappa shape index (κ2) is 7.37. The van der Waals surface area contributed by atoms with E-state index >= 15 is 0 Å². The highest BCUT2D eigenvalue weighted by atomic mass is 16.4. The molecule has 0 spiro atoms. The molecule has 2 amide bonds. The molecule has 100 valence electrons. The molecular weight excluding hydrogens is 236 g/mol. The van der Waals surface area contributed by atoms with E-state index in [-0.39, 0.29) is 0 Å². The highest BCUT2D eigenvalue weighted by molar-refractivity contribution is 5.82. The van der Waals surface area contributed by atoms with Crippen molar-refractivity contribution in [3.8, 4) is 0 Å². The summed E-state index contributed by atoms with van der Waals surface area (Å²) in [4.78, 5) is 22.4. The topological polar surface area (TPSA) is 91.6 Å². The van der Waals surface area contributed by atoms with Crippen molar-refractivity contribution in [2.45, 2.75) is 38.8 Å². The van der Waals surface area contributed by atoms with Crippen molar-refractivity contribution in [3.05, 3.63) is 24.2 Å². The number of unbranched alkanes of at least 4 members (excludes halogenated alkanes) is 1. The molecule has 0 radical (unpaired) electrons. The van der Waals surface area contributed by atoms with E-state index in [1.54, 1.807) is 6.07 Å². The second-order valence-electron chi connectivity index (χ2n) is 3.99. The Morgan fingerprint density at radius 2 is 2.28 bits per heavy atom. The summed E-state index contributed by atoms with van der Waals surface area (Å²) in [6.07, 6.45) is 5.12. The van der Waals surface area contributed by atoms with E-state index < -0.39 is 18.0 Å². The van der Waals surface area contributed by atoms with Gasteiger partial charge >= 0.3 is 12.0 Å². The summed E-state index contributed by atoms with van der Waals surface area (Å²) >= 11 is 0. The van der Waals surface area contributed by atoms with Crippen LogP contribution < -0.4 is 10.6 Å². The fourth-order valence-corrected chi connectivity index (χ4v) is 1.45. The third-order valence-electron chi connectivity index (χ3n) is 2.48. The van der Waals surface area contributed by atoms with Gasteiger partial charge in [0.15, 0.2) is 0 Å². The number of aliphatic carboxylic acids is 1. The fraction of sp³-hybridized carbons (Fsp3) is 0.500. The quantitative estimate of drug-likeness (QED) is 0.691. The summed E-state index contributed by atoms with van der Waals surface area (Å²) in [5, 5.41) is 14.0. The number of carbonyl (C=O) groups excluding carboxylic acids is 1. The molecule has 0 bridgehead atoms. The van der Waals surface area contributed by atoms with Gasteiger partial charge in [-0.15, -0.1) is 0 Å². The van der Waals surface area contributed by atoms with E-state index in [0.29, 0.717) is 13.0 Å². The molecule has 1 atom stereocenters. The molecule has 0 aliphatic heterocycles. The zero-order chi connectivity index (χ0) is 13.4. The van der Waals surface area contributed by atoms with Crippen LogP contribution >= 0.6 is 0 Å². The van der Waals surface area contributed by atoms with Crippen LogP contribution in [0.5, 0.6) is 0 Å². The smallest absolute Gasteiger partial charge is 0.326 e. The molecule has 0 fully saturated rings. The lowest BCUT2D eigenvalue weighted by atomic mass is 10.1. The molecule has 6 heteroatoms. The second-order valence-corrected chi connectivity index (χ2v) is 3.99. The first-order valence-corrected chi connectivity index (χ1v) is 5.91. The Morgan fingerprint density at radius 1 is 1.50 bits per heavy atom. The molecule has 0 aliphatic rings. The summed E-state index contributed by atoms with van der Waals surface area (Å²) in [7, 11) is 0. The average molecular weight is 254 g/mol. The summed E-state index contributed by atoms with van der Waals surface area (Å²) in [6, 6.07) is 0.403. The largest absolute Gasteiger partial charge is 0.480 e. The summed E-state index contributed by atoms with van der Waals surface area (Å²) in [5.41, 5.74) is 0.825. The number of carboxylic acid groups (broad SMARTS) is 1. The van der Waals surface area contributed by atoms with Crippen molar-refractivity contribution in [2.24, 2.45) is 0 Å². The molecule has 0 saturated heterocycles. The van der Waals surface area contributed by atoms with E-state index in [0.717, 1.165) is 18.4 Å². The number of carboxylic acids is 1. The van der Waals surface area contributed by atoms with E-state index in [4.69, 9.17) is 9.52 Å². The number of amides is 2.